The molecule has 0 saturated carbocycles. The Morgan fingerprint density at radius 2 is 1.93 bits per heavy atom. The second kappa shape index (κ2) is 4.00. The van der Waals surface area contributed by atoms with Crippen molar-refractivity contribution >= 4 is 0 Å². The lowest BCUT2D eigenvalue weighted by molar-refractivity contribution is 0.354. The van der Waals surface area contributed by atoms with E-state index in [1.54, 1.807) is 31.3 Å². The first-order valence-electron chi connectivity index (χ1n) is 4.44. The number of ether oxygens (including phenoxy) is 2. The van der Waals surface area contributed by atoms with Crippen molar-refractivity contribution < 1.29 is 9.47 Å². The van der Waals surface area contributed by atoms with E-state index >= 15 is 0 Å². The van der Waals surface area contributed by atoms with Gasteiger partial charge in [0.2, 0.25) is 0 Å². The summed E-state index contributed by atoms with van der Waals surface area (Å²) in [5.74, 6) is 1.37. The van der Waals surface area contributed by atoms with Crippen molar-refractivity contribution in [2.24, 2.45) is 0 Å². The second-order valence-corrected chi connectivity index (χ2v) is 2.89. The molecule has 0 amide bonds. The Bertz CT molecular complexity index is 440. The van der Waals surface area contributed by atoms with Gasteiger partial charge in [0, 0.05) is 6.07 Å². The van der Waals surface area contributed by atoms with Gasteiger partial charge in [-0.1, -0.05) is 5.21 Å². The van der Waals surface area contributed by atoms with Crippen LogP contribution in [-0.4, -0.2) is 29.2 Å². The molecule has 5 nitrogen and oxygen atoms in total. The van der Waals surface area contributed by atoms with Crippen molar-refractivity contribution in [1.29, 1.82) is 0 Å². The van der Waals surface area contributed by atoms with E-state index in [4.69, 9.17) is 9.47 Å². The van der Waals surface area contributed by atoms with E-state index in [2.05, 4.69) is 10.3 Å². The Labute approximate surface area is 87.2 Å². The van der Waals surface area contributed by atoms with Gasteiger partial charge in [-0.2, -0.15) is 0 Å². The topological polar surface area (TPSA) is 49.2 Å². The third kappa shape index (κ3) is 1.76. The first-order chi connectivity index (χ1) is 7.35. The minimum Gasteiger partial charge on any atom is -0.493 e. The predicted molar refractivity (Wildman–Crippen MR) is 54.5 cm³/mol. The van der Waals surface area contributed by atoms with E-state index in [-0.39, 0.29) is 0 Å². The number of benzene rings is 1. The van der Waals surface area contributed by atoms with E-state index in [0.717, 1.165) is 5.69 Å². The highest BCUT2D eigenvalue weighted by Crippen LogP contribution is 2.28. The molecule has 0 aliphatic rings. The van der Waals surface area contributed by atoms with Gasteiger partial charge in [-0.25, -0.2) is 4.68 Å². The minimum absolute atomic E-state index is 0.672. The van der Waals surface area contributed by atoms with Gasteiger partial charge in [0.15, 0.2) is 11.5 Å². The van der Waals surface area contributed by atoms with Crippen LogP contribution < -0.4 is 9.47 Å². The highest BCUT2D eigenvalue weighted by molar-refractivity contribution is 5.48. The lowest BCUT2D eigenvalue weighted by Gasteiger charge is -2.08. The summed E-state index contributed by atoms with van der Waals surface area (Å²) in [5.41, 5.74) is 0.880. The van der Waals surface area contributed by atoms with Gasteiger partial charge in [-0.05, 0) is 12.1 Å². The van der Waals surface area contributed by atoms with Crippen LogP contribution in [0.2, 0.25) is 0 Å². The Morgan fingerprint density at radius 1 is 1.13 bits per heavy atom. The molecular weight excluding hydrogens is 194 g/mol. The summed E-state index contributed by atoms with van der Waals surface area (Å²) >= 11 is 0. The average molecular weight is 205 g/mol. The number of hydrogen-bond donors (Lipinski definition) is 0. The summed E-state index contributed by atoms with van der Waals surface area (Å²) in [6, 6.07) is 5.55. The normalized spacial score (nSPS) is 10.0. The molecule has 1 aromatic carbocycles. The van der Waals surface area contributed by atoms with Gasteiger partial charge < -0.3 is 9.47 Å². The number of hydrogen-bond acceptors (Lipinski definition) is 4. The smallest absolute Gasteiger partial charge is 0.162 e. The Morgan fingerprint density at radius 3 is 2.53 bits per heavy atom. The highest BCUT2D eigenvalue weighted by Gasteiger charge is 2.05. The number of rotatable bonds is 3. The lowest BCUT2D eigenvalue weighted by atomic mass is 10.3. The van der Waals surface area contributed by atoms with Crippen LogP contribution in [0.1, 0.15) is 0 Å². The van der Waals surface area contributed by atoms with Crippen molar-refractivity contribution in [2.75, 3.05) is 14.2 Å². The van der Waals surface area contributed by atoms with Crippen LogP contribution >= 0.6 is 0 Å². The summed E-state index contributed by atoms with van der Waals surface area (Å²) in [6.07, 6.45) is 3.39. The number of methoxy groups -OCH3 is 2. The molecule has 0 unspecified atom stereocenters. The molecule has 0 spiro atoms. The van der Waals surface area contributed by atoms with Gasteiger partial charge in [0.05, 0.1) is 32.3 Å². The van der Waals surface area contributed by atoms with Crippen LogP contribution in [-0.2, 0) is 0 Å². The zero-order valence-electron chi connectivity index (χ0n) is 8.54. The standard InChI is InChI=1S/C10H11N3O2/c1-14-9-4-3-8(7-10(9)15-2)13-6-5-11-12-13/h3-7H,1-2H3. The molecule has 78 valence electrons. The monoisotopic (exact) mass is 205 g/mol. The Balaban J connectivity index is 2.43. The van der Waals surface area contributed by atoms with Crippen molar-refractivity contribution in [1.82, 2.24) is 15.0 Å². The molecule has 1 heterocycles. The molecule has 0 bridgehead atoms. The maximum absolute atomic E-state index is 5.19. The first-order valence-corrected chi connectivity index (χ1v) is 4.44. The van der Waals surface area contributed by atoms with Crippen molar-refractivity contribution in [3.05, 3.63) is 30.6 Å². The highest BCUT2D eigenvalue weighted by atomic mass is 16.5. The minimum atomic E-state index is 0.672. The fourth-order valence-electron chi connectivity index (χ4n) is 1.31. The Hall–Kier alpha value is -2.04. The van der Waals surface area contributed by atoms with Crippen molar-refractivity contribution in [2.45, 2.75) is 0 Å². The van der Waals surface area contributed by atoms with Crippen LogP contribution in [0, 0.1) is 0 Å². The lowest BCUT2D eigenvalue weighted by Crippen LogP contribution is -1.97. The molecule has 5 heteroatoms. The molecule has 0 atom stereocenters. The molecule has 0 N–H and O–H groups in total. The molecular formula is C10H11N3O2. The molecule has 2 rings (SSSR count). The van der Waals surface area contributed by atoms with Gasteiger partial charge in [-0.3, -0.25) is 0 Å². The third-order valence-electron chi connectivity index (χ3n) is 2.05. The van der Waals surface area contributed by atoms with E-state index < -0.39 is 0 Å². The van der Waals surface area contributed by atoms with Crippen LogP contribution in [0.25, 0.3) is 5.69 Å². The van der Waals surface area contributed by atoms with Crippen LogP contribution in [0.4, 0.5) is 0 Å². The zero-order valence-corrected chi connectivity index (χ0v) is 8.54. The molecule has 0 aliphatic carbocycles. The van der Waals surface area contributed by atoms with E-state index in [9.17, 15) is 0 Å². The third-order valence-corrected chi connectivity index (χ3v) is 2.05. The summed E-state index contributed by atoms with van der Waals surface area (Å²) < 4.78 is 12.0. The average Bonchev–Trinajstić information content (AvgIpc) is 2.81. The van der Waals surface area contributed by atoms with E-state index in [0.29, 0.717) is 11.5 Å². The van der Waals surface area contributed by atoms with Crippen LogP contribution in [0.3, 0.4) is 0 Å². The van der Waals surface area contributed by atoms with Gasteiger partial charge in [-0.15, -0.1) is 5.10 Å². The predicted octanol–water partition coefficient (Wildman–Crippen LogP) is 1.28. The second-order valence-electron chi connectivity index (χ2n) is 2.89. The van der Waals surface area contributed by atoms with Gasteiger partial charge >= 0.3 is 0 Å². The molecule has 0 fully saturated rings. The zero-order chi connectivity index (χ0) is 10.7. The molecule has 1 aromatic heterocycles. The number of aromatic nitrogens is 3. The van der Waals surface area contributed by atoms with E-state index in [1.165, 1.54) is 0 Å². The SMILES string of the molecule is COc1ccc(-n2ccnn2)cc1OC. The summed E-state index contributed by atoms with van der Waals surface area (Å²) in [6.45, 7) is 0. The summed E-state index contributed by atoms with van der Waals surface area (Å²) in [4.78, 5) is 0. The fraction of sp³-hybridized carbons (Fsp3) is 0.200. The molecule has 0 radical (unpaired) electrons. The van der Waals surface area contributed by atoms with Crippen molar-refractivity contribution in [3.63, 3.8) is 0 Å². The summed E-state index contributed by atoms with van der Waals surface area (Å²) in [7, 11) is 3.20. The van der Waals surface area contributed by atoms with Gasteiger partial charge in [0.1, 0.15) is 0 Å². The van der Waals surface area contributed by atoms with Gasteiger partial charge in [0.25, 0.3) is 0 Å². The first kappa shape index (κ1) is 9.51. The quantitative estimate of drug-likeness (QED) is 0.757. The molecule has 15 heavy (non-hydrogen) atoms. The maximum Gasteiger partial charge on any atom is 0.162 e. The van der Waals surface area contributed by atoms with E-state index in [1.807, 2.05) is 18.2 Å². The molecule has 2 aromatic rings. The van der Waals surface area contributed by atoms with Crippen LogP contribution in [0.5, 0.6) is 11.5 Å². The largest absolute Gasteiger partial charge is 0.493 e. The molecule has 0 saturated heterocycles. The Kier molecular flexibility index (Phi) is 2.53. The number of nitrogens with zero attached hydrogens (tertiary/aromatic N) is 3. The van der Waals surface area contributed by atoms with Crippen LogP contribution in [0.15, 0.2) is 30.6 Å². The fourth-order valence-corrected chi connectivity index (χ4v) is 1.31. The maximum atomic E-state index is 5.19. The summed E-state index contributed by atoms with van der Waals surface area (Å²) in [5, 5.41) is 7.63. The van der Waals surface area contributed by atoms with Crippen molar-refractivity contribution in [3.8, 4) is 17.2 Å². The molecule has 0 aliphatic heterocycles.